The van der Waals surface area contributed by atoms with E-state index in [1.165, 1.54) is 12.8 Å². The summed E-state index contributed by atoms with van der Waals surface area (Å²) in [5, 5.41) is 14.0. The molecule has 1 N–H and O–H groups in total. The van der Waals surface area contributed by atoms with Crippen LogP contribution in [0.3, 0.4) is 0 Å². The zero-order valence-corrected chi connectivity index (χ0v) is 13.3. The highest BCUT2D eigenvalue weighted by Crippen LogP contribution is 2.19. The first kappa shape index (κ1) is 17.9. The molecule has 1 heterocycles. The number of benzene rings is 1. The van der Waals surface area contributed by atoms with E-state index in [0.717, 1.165) is 44.2 Å². The molecule has 1 fully saturated rings. The summed E-state index contributed by atoms with van der Waals surface area (Å²) in [7, 11) is 0. The fourth-order valence-electron chi connectivity index (χ4n) is 2.68. The van der Waals surface area contributed by atoms with Gasteiger partial charge in [0.25, 0.3) is 5.69 Å². The van der Waals surface area contributed by atoms with Gasteiger partial charge in [0.2, 0.25) is 0 Å². The molecule has 0 aromatic heterocycles. The molecule has 1 aromatic carbocycles. The molecule has 21 heavy (non-hydrogen) atoms. The van der Waals surface area contributed by atoms with E-state index in [0.29, 0.717) is 0 Å². The van der Waals surface area contributed by atoms with Gasteiger partial charge in [0.05, 0.1) is 4.92 Å². The second kappa shape index (κ2) is 8.97. The lowest BCUT2D eigenvalue weighted by atomic mass is 9.96. The van der Waals surface area contributed by atoms with Crippen LogP contribution in [-0.4, -0.2) is 36.0 Å². The molecular formula is C15H24ClN3O2. The maximum atomic E-state index is 10.6. The quantitative estimate of drug-likeness (QED) is 0.648. The maximum Gasteiger partial charge on any atom is 0.269 e. The van der Waals surface area contributed by atoms with E-state index in [-0.39, 0.29) is 23.0 Å². The van der Waals surface area contributed by atoms with Gasteiger partial charge in [0.1, 0.15) is 0 Å². The summed E-state index contributed by atoms with van der Waals surface area (Å²) in [4.78, 5) is 12.7. The van der Waals surface area contributed by atoms with Crippen LogP contribution >= 0.6 is 12.4 Å². The van der Waals surface area contributed by atoms with Gasteiger partial charge in [-0.3, -0.25) is 15.0 Å². The summed E-state index contributed by atoms with van der Waals surface area (Å²) in [6.45, 7) is 7.45. The third-order valence-electron chi connectivity index (χ3n) is 3.94. The van der Waals surface area contributed by atoms with Crippen LogP contribution in [0.2, 0.25) is 0 Å². The van der Waals surface area contributed by atoms with E-state index in [2.05, 4.69) is 17.1 Å². The minimum Gasteiger partial charge on any atom is -0.317 e. The fourth-order valence-corrected chi connectivity index (χ4v) is 2.68. The second-order valence-corrected chi connectivity index (χ2v) is 5.45. The van der Waals surface area contributed by atoms with Gasteiger partial charge in [-0.15, -0.1) is 12.4 Å². The zero-order chi connectivity index (χ0) is 14.4. The van der Waals surface area contributed by atoms with Crippen LogP contribution in [-0.2, 0) is 6.54 Å². The largest absolute Gasteiger partial charge is 0.317 e. The summed E-state index contributed by atoms with van der Waals surface area (Å²) < 4.78 is 0. The molecule has 0 atom stereocenters. The SMILES string of the molecule is CCNCC1CCN(Cc2ccc([N+](=O)[O-])cc2)CC1.Cl. The predicted molar refractivity (Wildman–Crippen MR) is 86.9 cm³/mol. The van der Waals surface area contributed by atoms with Gasteiger partial charge in [0, 0.05) is 18.7 Å². The van der Waals surface area contributed by atoms with E-state index in [1.807, 2.05) is 12.1 Å². The first-order valence-corrected chi connectivity index (χ1v) is 7.35. The van der Waals surface area contributed by atoms with Crippen LogP contribution in [0.1, 0.15) is 25.3 Å². The fraction of sp³-hybridized carbons (Fsp3) is 0.600. The average molecular weight is 314 g/mol. The number of non-ortho nitro benzene ring substituents is 1. The number of halogens is 1. The molecule has 1 aromatic rings. The number of likely N-dealkylation sites (tertiary alicyclic amines) is 1. The molecule has 1 aliphatic rings. The van der Waals surface area contributed by atoms with Gasteiger partial charge in [-0.25, -0.2) is 0 Å². The molecule has 1 aliphatic heterocycles. The maximum absolute atomic E-state index is 10.6. The van der Waals surface area contributed by atoms with Crippen LogP contribution in [0.15, 0.2) is 24.3 Å². The lowest BCUT2D eigenvalue weighted by molar-refractivity contribution is -0.384. The first-order chi connectivity index (χ1) is 9.69. The Balaban J connectivity index is 0.00000220. The molecule has 118 valence electrons. The number of hydrogen-bond acceptors (Lipinski definition) is 4. The van der Waals surface area contributed by atoms with Crippen molar-refractivity contribution >= 4 is 18.1 Å². The van der Waals surface area contributed by atoms with Crippen LogP contribution in [0.25, 0.3) is 0 Å². The number of piperidine rings is 1. The minimum absolute atomic E-state index is 0. The monoisotopic (exact) mass is 313 g/mol. The third-order valence-corrected chi connectivity index (χ3v) is 3.94. The van der Waals surface area contributed by atoms with Crippen molar-refractivity contribution in [2.75, 3.05) is 26.2 Å². The average Bonchev–Trinajstić information content (AvgIpc) is 2.47. The summed E-state index contributed by atoms with van der Waals surface area (Å²) in [6, 6.07) is 6.91. The van der Waals surface area contributed by atoms with Crippen LogP contribution in [0.4, 0.5) is 5.69 Å². The van der Waals surface area contributed by atoms with E-state index in [9.17, 15) is 10.1 Å². The Hall–Kier alpha value is -1.17. The van der Waals surface area contributed by atoms with E-state index in [4.69, 9.17) is 0 Å². The number of hydrogen-bond donors (Lipinski definition) is 1. The highest BCUT2D eigenvalue weighted by molar-refractivity contribution is 5.85. The summed E-state index contributed by atoms with van der Waals surface area (Å²) >= 11 is 0. The summed E-state index contributed by atoms with van der Waals surface area (Å²) in [6.07, 6.45) is 2.47. The number of rotatable bonds is 6. The van der Waals surface area contributed by atoms with Gasteiger partial charge in [-0.1, -0.05) is 19.1 Å². The van der Waals surface area contributed by atoms with Gasteiger partial charge < -0.3 is 5.32 Å². The standard InChI is InChI=1S/C15H23N3O2.ClH/c1-2-16-11-13-7-9-17(10-8-13)12-14-3-5-15(6-4-14)18(19)20;/h3-6,13,16H,2,7-12H2,1H3;1H. The number of nitro groups is 1. The molecule has 5 nitrogen and oxygen atoms in total. The van der Waals surface area contributed by atoms with Crippen molar-refractivity contribution in [2.45, 2.75) is 26.3 Å². The smallest absolute Gasteiger partial charge is 0.269 e. The van der Waals surface area contributed by atoms with Crippen LogP contribution in [0, 0.1) is 16.0 Å². The molecule has 6 heteroatoms. The van der Waals surface area contributed by atoms with Crippen LogP contribution < -0.4 is 5.32 Å². The number of nitrogens with one attached hydrogen (secondary N) is 1. The lowest BCUT2D eigenvalue weighted by Gasteiger charge is -2.32. The molecule has 0 unspecified atom stereocenters. The molecule has 0 aliphatic carbocycles. The van der Waals surface area contributed by atoms with Crippen molar-refractivity contribution in [1.29, 1.82) is 0 Å². The Labute approximate surface area is 132 Å². The Bertz CT molecular complexity index is 431. The zero-order valence-electron chi connectivity index (χ0n) is 12.5. The van der Waals surface area contributed by atoms with Crippen molar-refractivity contribution < 1.29 is 4.92 Å². The van der Waals surface area contributed by atoms with E-state index in [1.54, 1.807) is 12.1 Å². The normalized spacial score (nSPS) is 16.4. The summed E-state index contributed by atoms with van der Waals surface area (Å²) in [5.74, 6) is 0.795. The minimum atomic E-state index is -0.351. The Morgan fingerprint density at radius 2 is 1.90 bits per heavy atom. The van der Waals surface area contributed by atoms with Gasteiger partial charge >= 0.3 is 0 Å². The van der Waals surface area contributed by atoms with Crippen molar-refractivity contribution in [3.63, 3.8) is 0 Å². The van der Waals surface area contributed by atoms with Gasteiger partial charge in [-0.05, 0) is 50.5 Å². The Morgan fingerprint density at radius 1 is 1.29 bits per heavy atom. The molecule has 0 amide bonds. The van der Waals surface area contributed by atoms with Crippen molar-refractivity contribution in [1.82, 2.24) is 10.2 Å². The Morgan fingerprint density at radius 3 is 2.43 bits per heavy atom. The summed E-state index contributed by atoms with van der Waals surface area (Å²) in [5.41, 5.74) is 1.32. The van der Waals surface area contributed by atoms with E-state index >= 15 is 0 Å². The number of nitro benzene ring substituents is 1. The topological polar surface area (TPSA) is 58.4 Å². The Kier molecular flexibility index (Phi) is 7.64. The highest BCUT2D eigenvalue weighted by Gasteiger charge is 2.18. The molecular weight excluding hydrogens is 290 g/mol. The third kappa shape index (κ3) is 5.61. The number of nitrogens with zero attached hydrogens (tertiary/aromatic N) is 2. The van der Waals surface area contributed by atoms with Crippen molar-refractivity contribution in [3.8, 4) is 0 Å². The molecule has 0 radical (unpaired) electrons. The lowest BCUT2D eigenvalue weighted by Crippen LogP contribution is -2.36. The van der Waals surface area contributed by atoms with E-state index < -0.39 is 0 Å². The van der Waals surface area contributed by atoms with Crippen molar-refractivity contribution in [2.24, 2.45) is 5.92 Å². The van der Waals surface area contributed by atoms with Gasteiger partial charge in [0.15, 0.2) is 0 Å². The highest BCUT2D eigenvalue weighted by atomic mass is 35.5. The molecule has 0 bridgehead atoms. The van der Waals surface area contributed by atoms with Crippen LogP contribution in [0.5, 0.6) is 0 Å². The predicted octanol–water partition coefficient (Wildman–Crippen LogP) is 2.84. The molecule has 0 saturated carbocycles. The van der Waals surface area contributed by atoms with Crippen molar-refractivity contribution in [3.05, 3.63) is 39.9 Å². The molecule has 1 saturated heterocycles. The second-order valence-electron chi connectivity index (χ2n) is 5.45. The molecule has 2 rings (SSSR count). The van der Waals surface area contributed by atoms with Gasteiger partial charge in [-0.2, -0.15) is 0 Å². The molecule has 0 spiro atoms. The first-order valence-electron chi connectivity index (χ1n) is 7.35.